The zero-order chi connectivity index (χ0) is 13.0. The van der Waals surface area contributed by atoms with Crippen molar-refractivity contribution in [1.29, 1.82) is 0 Å². The smallest absolute Gasteiger partial charge is 0.195 e. The van der Waals surface area contributed by atoms with Crippen LogP contribution in [0.15, 0.2) is 54.6 Å². The molecule has 2 aromatic carbocycles. The van der Waals surface area contributed by atoms with E-state index in [4.69, 9.17) is 4.52 Å². The summed E-state index contributed by atoms with van der Waals surface area (Å²) in [5, 5.41) is 10.0. The third-order valence-corrected chi connectivity index (χ3v) is 2.91. The molecule has 0 saturated heterocycles. The SMILES string of the molecule is O=C(c1ccccc1)C(O)c1ccc(OP)cc1. The Morgan fingerprint density at radius 3 is 2.22 bits per heavy atom. The molecule has 0 aromatic heterocycles. The topological polar surface area (TPSA) is 46.5 Å². The first-order valence-corrected chi connectivity index (χ1v) is 5.93. The van der Waals surface area contributed by atoms with Crippen molar-refractivity contribution in [2.45, 2.75) is 6.10 Å². The van der Waals surface area contributed by atoms with E-state index in [1.54, 1.807) is 48.5 Å². The summed E-state index contributed by atoms with van der Waals surface area (Å²) in [5.74, 6) is 0.346. The molecule has 2 rings (SSSR count). The summed E-state index contributed by atoms with van der Waals surface area (Å²) in [5.41, 5.74) is 1.05. The van der Waals surface area contributed by atoms with E-state index >= 15 is 0 Å². The van der Waals surface area contributed by atoms with Gasteiger partial charge in [-0.05, 0) is 17.7 Å². The molecule has 0 amide bonds. The van der Waals surface area contributed by atoms with Gasteiger partial charge in [0, 0.05) is 5.56 Å². The number of aliphatic hydroxyl groups is 1. The van der Waals surface area contributed by atoms with E-state index in [2.05, 4.69) is 9.47 Å². The van der Waals surface area contributed by atoms with Gasteiger partial charge in [-0.2, -0.15) is 0 Å². The average molecular weight is 260 g/mol. The van der Waals surface area contributed by atoms with Gasteiger partial charge in [-0.25, -0.2) is 0 Å². The molecular formula is C14H13O3P. The van der Waals surface area contributed by atoms with Gasteiger partial charge in [-0.1, -0.05) is 42.5 Å². The van der Waals surface area contributed by atoms with E-state index in [9.17, 15) is 9.90 Å². The van der Waals surface area contributed by atoms with Gasteiger partial charge in [0.15, 0.2) is 5.78 Å². The van der Waals surface area contributed by atoms with Crippen molar-refractivity contribution in [3.05, 3.63) is 65.7 Å². The molecule has 0 heterocycles. The second kappa shape index (κ2) is 5.76. The Morgan fingerprint density at radius 1 is 1.06 bits per heavy atom. The predicted octanol–water partition coefficient (Wildman–Crippen LogP) is 2.77. The fraction of sp³-hybridized carbons (Fsp3) is 0.0714. The molecule has 0 spiro atoms. The minimum absolute atomic E-state index is 0.310. The summed E-state index contributed by atoms with van der Waals surface area (Å²) in [6.45, 7) is 0. The van der Waals surface area contributed by atoms with Crippen LogP contribution >= 0.6 is 9.47 Å². The highest BCUT2D eigenvalue weighted by atomic mass is 31.0. The van der Waals surface area contributed by atoms with Gasteiger partial charge >= 0.3 is 0 Å². The van der Waals surface area contributed by atoms with Crippen molar-refractivity contribution in [1.82, 2.24) is 0 Å². The Balaban J connectivity index is 2.20. The Labute approximate surface area is 108 Å². The van der Waals surface area contributed by atoms with Gasteiger partial charge in [0.05, 0.1) is 9.47 Å². The molecule has 18 heavy (non-hydrogen) atoms. The first-order chi connectivity index (χ1) is 8.72. The molecule has 0 fully saturated rings. The van der Waals surface area contributed by atoms with Crippen molar-refractivity contribution < 1.29 is 14.4 Å². The molecule has 3 nitrogen and oxygen atoms in total. The maximum absolute atomic E-state index is 12.0. The normalized spacial score (nSPS) is 11.9. The molecule has 0 aliphatic carbocycles. The number of carbonyl (C=O) groups is 1. The molecular weight excluding hydrogens is 247 g/mol. The molecule has 0 aliphatic rings. The third kappa shape index (κ3) is 2.76. The maximum Gasteiger partial charge on any atom is 0.195 e. The van der Waals surface area contributed by atoms with E-state index in [0.717, 1.165) is 0 Å². The summed E-state index contributed by atoms with van der Waals surface area (Å²) >= 11 is 0. The molecule has 0 radical (unpaired) electrons. The van der Waals surface area contributed by atoms with E-state index in [1.807, 2.05) is 6.07 Å². The number of ketones is 1. The number of hydrogen-bond acceptors (Lipinski definition) is 3. The van der Waals surface area contributed by atoms with Crippen molar-refractivity contribution in [3.63, 3.8) is 0 Å². The lowest BCUT2D eigenvalue weighted by molar-refractivity contribution is 0.0747. The zero-order valence-electron chi connectivity index (χ0n) is 9.61. The standard InChI is InChI=1S/C14H13O3P/c15-13(10-4-2-1-3-5-10)14(16)11-6-8-12(17-18)9-7-11/h1-9,14,16H,18H2. The highest BCUT2D eigenvalue weighted by Gasteiger charge is 2.18. The van der Waals surface area contributed by atoms with Gasteiger partial charge in [-0.3, -0.25) is 4.79 Å². The fourth-order valence-corrected chi connectivity index (χ4v) is 1.80. The summed E-state index contributed by atoms with van der Waals surface area (Å²) in [6, 6.07) is 15.5. The van der Waals surface area contributed by atoms with E-state index in [0.29, 0.717) is 16.9 Å². The monoisotopic (exact) mass is 260 g/mol. The highest BCUT2D eigenvalue weighted by Crippen LogP contribution is 2.21. The molecule has 2 unspecified atom stereocenters. The lowest BCUT2D eigenvalue weighted by atomic mass is 10.00. The summed E-state index contributed by atoms with van der Waals surface area (Å²) in [7, 11) is 2.14. The van der Waals surface area contributed by atoms with Crippen LogP contribution in [0.5, 0.6) is 5.75 Å². The number of aliphatic hydroxyl groups excluding tert-OH is 1. The molecule has 2 aromatic rings. The second-order valence-corrected chi connectivity index (χ2v) is 4.06. The van der Waals surface area contributed by atoms with Crippen LogP contribution in [0.1, 0.15) is 22.0 Å². The number of benzene rings is 2. The van der Waals surface area contributed by atoms with Crippen molar-refractivity contribution >= 4 is 15.2 Å². The first kappa shape index (κ1) is 12.7. The predicted molar refractivity (Wildman–Crippen MR) is 72.5 cm³/mol. The van der Waals surface area contributed by atoms with Crippen LogP contribution in [0.3, 0.4) is 0 Å². The number of hydrogen-bond donors (Lipinski definition) is 1. The summed E-state index contributed by atoms with van der Waals surface area (Å²) < 4.78 is 4.94. The second-order valence-electron chi connectivity index (χ2n) is 3.82. The highest BCUT2D eigenvalue weighted by molar-refractivity contribution is 7.10. The van der Waals surface area contributed by atoms with Crippen LogP contribution in [0.2, 0.25) is 0 Å². The lowest BCUT2D eigenvalue weighted by Gasteiger charge is -2.10. The van der Waals surface area contributed by atoms with E-state index in [1.165, 1.54) is 0 Å². The van der Waals surface area contributed by atoms with Crippen molar-refractivity contribution in [2.75, 3.05) is 0 Å². The van der Waals surface area contributed by atoms with Crippen LogP contribution in [0.4, 0.5) is 0 Å². The van der Waals surface area contributed by atoms with Crippen LogP contribution < -0.4 is 4.52 Å². The molecule has 0 saturated carbocycles. The number of rotatable bonds is 4. The van der Waals surface area contributed by atoms with Crippen LogP contribution in [0, 0.1) is 0 Å². The van der Waals surface area contributed by atoms with Gasteiger partial charge in [0.25, 0.3) is 0 Å². The third-order valence-electron chi connectivity index (χ3n) is 2.64. The molecule has 4 heteroatoms. The van der Waals surface area contributed by atoms with Gasteiger partial charge in [0.1, 0.15) is 11.9 Å². The Morgan fingerprint density at radius 2 is 1.67 bits per heavy atom. The first-order valence-electron chi connectivity index (χ1n) is 5.46. The van der Waals surface area contributed by atoms with Crippen LogP contribution in [-0.4, -0.2) is 10.9 Å². The van der Waals surface area contributed by atoms with Crippen LogP contribution in [-0.2, 0) is 0 Å². The molecule has 1 N–H and O–H groups in total. The van der Waals surface area contributed by atoms with Crippen LogP contribution in [0.25, 0.3) is 0 Å². The quantitative estimate of drug-likeness (QED) is 0.679. The lowest BCUT2D eigenvalue weighted by Crippen LogP contribution is -2.11. The van der Waals surface area contributed by atoms with E-state index in [-0.39, 0.29) is 5.78 Å². The Kier molecular flexibility index (Phi) is 4.08. The molecule has 2 atom stereocenters. The minimum atomic E-state index is -1.15. The molecule has 0 bridgehead atoms. The molecule has 0 aliphatic heterocycles. The van der Waals surface area contributed by atoms with Crippen molar-refractivity contribution in [2.24, 2.45) is 0 Å². The average Bonchev–Trinajstić information content (AvgIpc) is 2.47. The Bertz CT molecular complexity index is 522. The number of Topliss-reactive ketones (excluding diaryl/α,β-unsaturated/α-hetero) is 1. The minimum Gasteiger partial charge on any atom is -0.480 e. The Hall–Kier alpha value is -1.70. The summed E-state index contributed by atoms with van der Waals surface area (Å²) in [6.07, 6.45) is -1.15. The fourth-order valence-electron chi connectivity index (χ4n) is 1.64. The largest absolute Gasteiger partial charge is 0.480 e. The van der Waals surface area contributed by atoms with E-state index < -0.39 is 6.10 Å². The van der Waals surface area contributed by atoms with Crippen molar-refractivity contribution in [3.8, 4) is 5.75 Å². The van der Waals surface area contributed by atoms with Gasteiger partial charge in [-0.15, -0.1) is 0 Å². The zero-order valence-corrected chi connectivity index (χ0v) is 10.8. The van der Waals surface area contributed by atoms with Gasteiger partial charge in [0.2, 0.25) is 0 Å². The number of carbonyl (C=O) groups excluding carboxylic acids is 1. The van der Waals surface area contributed by atoms with Gasteiger partial charge < -0.3 is 9.63 Å². The molecule has 92 valence electrons. The maximum atomic E-state index is 12.0. The summed E-state index contributed by atoms with van der Waals surface area (Å²) in [4.78, 5) is 12.0.